The van der Waals surface area contributed by atoms with Crippen molar-refractivity contribution < 1.29 is 24.5 Å². The average Bonchev–Trinajstić information content (AvgIpc) is 2.38. The van der Waals surface area contributed by atoms with Gasteiger partial charge in [-0.1, -0.05) is 19.3 Å². The molecule has 0 amide bonds. The molecule has 1 N–H and O–H groups in total. The van der Waals surface area contributed by atoms with Crippen molar-refractivity contribution in [2.24, 2.45) is 5.92 Å². The van der Waals surface area contributed by atoms with Crippen LogP contribution in [0.2, 0.25) is 0 Å². The molecule has 0 aromatic rings. The summed E-state index contributed by atoms with van der Waals surface area (Å²) in [6.07, 6.45) is 4.06. The highest BCUT2D eigenvalue weighted by Gasteiger charge is 2.31. The van der Waals surface area contributed by atoms with Gasteiger partial charge in [-0.15, -0.1) is 0 Å². The van der Waals surface area contributed by atoms with Crippen molar-refractivity contribution in [2.45, 2.75) is 56.8 Å². The first-order valence-corrected chi connectivity index (χ1v) is 6.79. The molecule has 5 nitrogen and oxygen atoms in total. The molecule has 2 aliphatic rings. The van der Waals surface area contributed by atoms with Crippen LogP contribution in [0.5, 0.6) is 0 Å². The average molecular weight is 257 g/mol. The topological polar surface area (TPSA) is 78.8 Å². The third-order valence-electron chi connectivity index (χ3n) is 3.88. The SMILES string of the molecule is O=C([O-])C1C[C@@H](O)C(OCC2CCCCC2)CO1. The van der Waals surface area contributed by atoms with Crippen LogP contribution in [0.15, 0.2) is 0 Å². The van der Waals surface area contributed by atoms with Crippen molar-refractivity contribution in [1.29, 1.82) is 0 Å². The number of aliphatic carboxylic acids is 1. The highest BCUT2D eigenvalue weighted by atomic mass is 16.6. The minimum atomic E-state index is -1.26. The minimum Gasteiger partial charge on any atom is -0.547 e. The Bertz CT molecular complexity index is 275. The summed E-state index contributed by atoms with van der Waals surface area (Å²) in [6, 6.07) is 0. The zero-order chi connectivity index (χ0) is 13.0. The number of carboxylic acids is 1. The van der Waals surface area contributed by atoms with E-state index in [1.807, 2.05) is 0 Å². The molecule has 0 bridgehead atoms. The molecule has 1 heterocycles. The Balaban J connectivity index is 1.71. The molecule has 1 saturated heterocycles. The van der Waals surface area contributed by atoms with E-state index in [1.54, 1.807) is 0 Å². The molecule has 2 rings (SSSR count). The largest absolute Gasteiger partial charge is 0.547 e. The van der Waals surface area contributed by atoms with Gasteiger partial charge in [0, 0.05) is 6.42 Å². The number of rotatable bonds is 4. The number of carbonyl (C=O) groups excluding carboxylic acids is 1. The number of aliphatic hydroxyl groups is 1. The lowest BCUT2D eigenvalue weighted by atomic mass is 9.90. The molecule has 5 heteroatoms. The lowest BCUT2D eigenvalue weighted by Crippen LogP contribution is -2.49. The van der Waals surface area contributed by atoms with E-state index in [9.17, 15) is 15.0 Å². The lowest BCUT2D eigenvalue weighted by molar-refractivity contribution is -0.321. The van der Waals surface area contributed by atoms with Gasteiger partial charge in [-0.3, -0.25) is 0 Å². The molecule has 2 fully saturated rings. The highest BCUT2D eigenvalue weighted by Crippen LogP contribution is 2.25. The summed E-state index contributed by atoms with van der Waals surface area (Å²) in [5.74, 6) is -0.690. The summed E-state index contributed by atoms with van der Waals surface area (Å²) in [7, 11) is 0. The fourth-order valence-electron chi connectivity index (χ4n) is 2.70. The van der Waals surface area contributed by atoms with E-state index in [-0.39, 0.29) is 13.0 Å². The van der Waals surface area contributed by atoms with E-state index < -0.39 is 24.3 Å². The van der Waals surface area contributed by atoms with Gasteiger partial charge < -0.3 is 24.5 Å². The molecule has 0 aromatic heterocycles. The third-order valence-corrected chi connectivity index (χ3v) is 3.88. The van der Waals surface area contributed by atoms with Crippen molar-refractivity contribution in [3.8, 4) is 0 Å². The van der Waals surface area contributed by atoms with E-state index in [2.05, 4.69) is 0 Å². The summed E-state index contributed by atoms with van der Waals surface area (Å²) in [6.45, 7) is 0.771. The maximum absolute atomic E-state index is 10.6. The van der Waals surface area contributed by atoms with Crippen molar-refractivity contribution in [2.75, 3.05) is 13.2 Å². The second-order valence-corrected chi connectivity index (χ2v) is 5.32. The molecule has 1 saturated carbocycles. The van der Waals surface area contributed by atoms with Crippen LogP contribution < -0.4 is 5.11 Å². The number of aliphatic hydroxyl groups excluding tert-OH is 1. The summed E-state index contributed by atoms with van der Waals surface area (Å²) in [4.78, 5) is 10.6. The first-order valence-electron chi connectivity index (χ1n) is 6.79. The Kier molecular flexibility index (Phi) is 4.97. The smallest absolute Gasteiger partial charge is 0.107 e. The predicted octanol–water partition coefficient (Wildman–Crippen LogP) is -0.148. The number of hydrogen-bond donors (Lipinski definition) is 1. The van der Waals surface area contributed by atoms with Crippen LogP contribution in [0.3, 0.4) is 0 Å². The monoisotopic (exact) mass is 257 g/mol. The first-order chi connectivity index (χ1) is 8.66. The summed E-state index contributed by atoms with van der Waals surface area (Å²) in [5, 5.41) is 20.4. The van der Waals surface area contributed by atoms with E-state index in [1.165, 1.54) is 32.1 Å². The van der Waals surface area contributed by atoms with Gasteiger partial charge >= 0.3 is 0 Å². The minimum absolute atomic E-state index is 0.0532. The molecule has 18 heavy (non-hydrogen) atoms. The molecular weight excluding hydrogens is 236 g/mol. The van der Waals surface area contributed by atoms with Crippen molar-refractivity contribution in [3.63, 3.8) is 0 Å². The number of ether oxygens (including phenoxy) is 2. The second kappa shape index (κ2) is 6.50. The number of hydrogen-bond acceptors (Lipinski definition) is 5. The maximum atomic E-state index is 10.6. The maximum Gasteiger partial charge on any atom is 0.107 e. The van der Waals surface area contributed by atoms with Crippen molar-refractivity contribution >= 4 is 5.97 Å². The van der Waals surface area contributed by atoms with Crippen LogP contribution >= 0.6 is 0 Å². The zero-order valence-corrected chi connectivity index (χ0v) is 10.5. The normalized spacial score (nSPS) is 34.4. The molecular formula is C13H21O5-. The van der Waals surface area contributed by atoms with Gasteiger partial charge in [-0.25, -0.2) is 0 Å². The van der Waals surface area contributed by atoms with E-state index in [0.717, 1.165) is 0 Å². The molecule has 0 spiro atoms. The second-order valence-electron chi connectivity index (χ2n) is 5.32. The summed E-state index contributed by atoms with van der Waals surface area (Å²) < 4.78 is 10.8. The zero-order valence-electron chi connectivity index (χ0n) is 10.5. The highest BCUT2D eigenvalue weighted by molar-refractivity contribution is 5.70. The molecule has 3 atom stereocenters. The Morgan fingerprint density at radius 2 is 2.06 bits per heavy atom. The lowest BCUT2D eigenvalue weighted by Gasteiger charge is -2.34. The fraction of sp³-hybridized carbons (Fsp3) is 0.923. The van der Waals surface area contributed by atoms with Gasteiger partial charge in [-0.05, 0) is 18.8 Å². The van der Waals surface area contributed by atoms with E-state index in [4.69, 9.17) is 9.47 Å². The van der Waals surface area contributed by atoms with Crippen LogP contribution in [0.1, 0.15) is 38.5 Å². The van der Waals surface area contributed by atoms with Gasteiger partial charge in [-0.2, -0.15) is 0 Å². The van der Waals surface area contributed by atoms with Crippen LogP contribution in [0.25, 0.3) is 0 Å². The first kappa shape index (κ1) is 13.8. The van der Waals surface area contributed by atoms with E-state index in [0.29, 0.717) is 12.5 Å². The Morgan fingerprint density at radius 1 is 1.33 bits per heavy atom. The molecule has 0 radical (unpaired) electrons. The Hall–Kier alpha value is -0.650. The molecule has 1 aliphatic carbocycles. The van der Waals surface area contributed by atoms with Gasteiger partial charge in [0.2, 0.25) is 0 Å². The van der Waals surface area contributed by atoms with Crippen LogP contribution in [-0.2, 0) is 14.3 Å². The van der Waals surface area contributed by atoms with Crippen molar-refractivity contribution in [1.82, 2.24) is 0 Å². The number of carboxylic acid groups (broad SMARTS) is 1. The quantitative estimate of drug-likeness (QED) is 0.758. The number of carbonyl (C=O) groups is 1. The summed E-state index contributed by atoms with van der Waals surface area (Å²) in [5.41, 5.74) is 0. The Morgan fingerprint density at radius 3 is 2.67 bits per heavy atom. The van der Waals surface area contributed by atoms with E-state index >= 15 is 0 Å². The van der Waals surface area contributed by atoms with Gasteiger partial charge in [0.1, 0.15) is 6.10 Å². The third kappa shape index (κ3) is 3.67. The van der Waals surface area contributed by atoms with Gasteiger partial charge in [0.05, 0.1) is 31.4 Å². The van der Waals surface area contributed by atoms with Gasteiger partial charge in [0.15, 0.2) is 0 Å². The fourth-order valence-corrected chi connectivity index (χ4v) is 2.70. The Labute approximate surface area is 107 Å². The van der Waals surface area contributed by atoms with Gasteiger partial charge in [0.25, 0.3) is 0 Å². The van der Waals surface area contributed by atoms with Crippen molar-refractivity contribution in [3.05, 3.63) is 0 Å². The standard InChI is InChI=1S/C13H22O5/c14-10-6-11(13(15)16)18-8-12(10)17-7-9-4-2-1-3-5-9/h9-12,14H,1-8H2,(H,15,16)/p-1/t10-,11?,12?/m1/s1. The molecule has 0 aromatic carbocycles. The van der Waals surface area contributed by atoms with Crippen LogP contribution in [0.4, 0.5) is 0 Å². The predicted molar refractivity (Wildman–Crippen MR) is 61.7 cm³/mol. The molecule has 104 valence electrons. The summed E-state index contributed by atoms with van der Waals surface area (Å²) >= 11 is 0. The molecule has 2 unspecified atom stereocenters. The molecule has 1 aliphatic heterocycles. The van der Waals surface area contributed by atoms with Crippen LogP contribution in [0, 0.1) is 5.92 Å². The van der Waals surface area contributed by atoms with Crippen LogP contribution in [-0.4, -0.2) is 42.6 Å².